The van der Waals surface area contributed by atoms with Crippen molar-refractivity contribution in [2.24, 2.45) is 11.1 Å². The molecule has 0 fully saturated rings. The molecule has 1 aliphatic heterocycles. The fourth-order valence-corrected chi connectivity index (χ4v) is 3.41. The molecule has 0 spiro atoms. The Morgan fingerprint density at radius 3 is 2.80 bits per heavy atom. The third-order valence-corrected chi connectivity index (χ3v) is 4.93. The molecule has 1 aliphatic rings. The molecule has 3 rings (SSSR count). The minimum atomic E-state index is -0.116. The predicted octanol–water partition coefficient (Wildman–Crippen LogP) is 3.02. The van der Waals surface area contributed by atoms with Crippen LogP contribution >= 0.6 is 23.7 Å². The van der Waals surface area contributed by atoms with E-state index in [9.17, 15) is 4.79 Å². The van der Waals surface area contributed by atoms with Gasteiger partial charge < -0.3 is 20.1 Å². The number of fused-ring (bicyclic) bond motifs is 1. The van der Waals surface area contributed by atoms with Crippen molar-refractivity contribution in [1.29, 1.82) is 0 Å². The summed E-state index contributed by atoms with van der Waals surface area (Å²) in [6, 6.07) is 5.66. The predicted molar refractivity (Wildman–Crippen MR) is 101 cm³/mol. The highest BCUT2D eigenvalue weighted by atomic mass is 35.5. The number of amides is 1. The van der Waals surface area contributed by atoms with E-state index in [4.69, 9.17) is 15.2 Å². The van der Waals surface area contributed by atoms with Crippen molar-refractivity contribution in [3.05, 3.63) is 29.3 Å². The van der Waals surface area contributed by atoms with Crippen molar-refractivity contribution in [1.82, 2.24) is 9.88 Å². The molecule has 1 aromatic heterocycles. The van der Waals surface area contributed by atoms with Crippen LogP contribution in [-0.4, -0.2) is 42.7 Å². The lowest BCUT2D eigenvalue weighted by atomic mass is 9.93. The Morgan fingerprint density at radius 1 is 1.36 bits per heavy atom. The molecule has 0 radical (unpaired) electrons. The van der Waals surface area contributed by atoms with Gasteiger partial charge in [0, 0.05) is 19.2 Å². The van der Waals surface area contributed by atoms with Crippen LogP contribution in [-0.2, 0) is 0 Å². The molecular formula is C17H22ClN3O3S. The Balaban J connectivity index is 0.00000225. The van der Waals surface area contributed by atoms with Crippen molar-refractivity contribution < 1.29 is 14.3 Å². The van der Waals surface area contributed by atoms with Crippen LogP contribution in [0.1, 0.15) is 23.5 Å². The number of nitrogens with zero attached hydrogens (tertiary/aromatic N) is 2. The Bertz CT molecular complexity index is 763. The smallest absolute Gasteiger partial charge is 0.265 e. The van der Waals surface area contributed by atoms with Crippen LogP contribution in [0.4, 0.5) is 0 Å². The normalized spacial score (nSPS) is 12.6. The number of halogens is 1. The summed E-state index contributed by atoms with van der Waals surface area (Å²) in [5.41, 5.74) is 6.54. The second-order valence-corrected chi connectivity index (χ2v) is 7.66. The van der Waals surface area contributed by atoms with E-state index in [2.05, 4.69) is 4.98 Å². The van der Waals surface area contributed by atoms with Gasteiger partial charge in [0.2, 0.25) is 6.79 Å². The van der Waals surface area contributed by atoms with Gasteiger partial charge in [0.1, 0.15) is 9.88 Å². The average molecular weight is 384 g/mol. The van der Waals surface area contributed by atoms with Gasteiger partial charge in [0.15, 0.2) is 11.5 Å². The maximum atomic E-state index is 12.6. The van der Waals surface area contributed by atoms with Crippen molar-refractivity contribution in [3.8, 4) is 22.1 Å². The first-order valence-corrected chi connectivity index (χ1v) is 8.53. The Morgan fingerprint density at radius 2 is 2.08 bits per heavy atom. The molecule has 0 unspecified atom stereocenters. The van der Waals surface area contributed by atoms with E-state index in [0.29, 0.717) is 23.7 Å². The van der Waals surface area contributed by atoms with E-state index in [1.54, 1.807) is 18.1 Å². The van der Waals surface area contributed by atoms with Gasteiger partial charge in [-0.1, -0.05) is 13.8 Å². The third kappa shape index (κ3) is 4.23. The van der Waals surface area contributed by atoms with Gasteiger partial charge in [-0.3, -0.25) is 4.79 Å². The molecule has 0 aliphatic carbocycles. The van der Waals surface area contributed by atoms with Crippen LogP contribution < -0.4 is 15.2 Å². The fraction of sp³-hybridized carbons (Fsp3) is 0.412. The first-order valence-electron chi connectivity index (χ1n) is 7.71. The van der Waals surface area contributed by atoms with Gasteiger partial charge in [0.25, 0.3) is 5.91 Å². The Kier molecular flexibility index (Phi) is 5.92. The second kappa shape index (κ2) is 7.59. The van der Waals surface area contributed by atoms with Gasteiger partial charge in [-0.25, -0.2) is 4.98 Å². The zero-order valence-corrected chi connectivity index (χ0v) is 16.1. The minimum absolute atomic E-state index is 0. The SMILES string of the molecule is CN(CC(C)(C)CN)C(=O)c1cnc(-c2ccc3c(c2)OCO3)s1.Cl. The van der Waals surface area contributed by atoms with Crippen molar-refractivity contribution in [3.63, 3.8) is 0 Å². The van der Waals surface area contributed by atoms with Crippen LogP contribution in [0.15, 0.2) is 24.4 Å². The third-order valence-electron chi connectivity index (χ3n) is 3.90. The van der Waals surface area contributed by atoms with Gasteiger partial charge in [-0.05, 0) is 30.2 Å². The van der Waals surface area contributed by atoms with E-state index >= 15 is 0 Å². The van der Waals surface area contributed by atoms with Crippen LogP contribution in [0, 0.1) is 5.41 Å². The summed E-state index contributed by atoms with van der Waals surface area (Å²) < 4.78 is 10.7. The molecular weight excluding hydrogens is 362 g/mol. The molecule has 25 heavy (non-hydrogen) atoms. The number of benzene rings is 1. The van der Waals surface area contributed by atoms with Gasteiger partial charge in [0.05, 0.1) is 6.20 Å². The summed E-state index contributed by atoms with van der Waals surface area (Å²) in [6.07, 6.45) is 1.62. The van der Waals surface area contributed by atoms with Crippen LogP contribution in [0.25, 0.3) is 10.6 Å². The van der Waals surface area contributed by atoms with E-state index in [-0.39, 0.29) is 30.5 Å². The van der Waals surface area contributed by atoms with E-state index in [1.807, 2.05) is 32.0 Å². The number of ether oxygens (including phenoxy) is 2. The van der Waals surface area contributed by atoms with Crippen LogP contribution in [0.3, 0.4) is 0 Å². The number of hydrogen-bond donors (Lipinski definition) is 1. The number of carbonyl (C=O) groups excluding carboxylic acids is 1. The molecule has 2 aromatic rings. The van der Waals surface area contributed by atoms with Crippen LogP contribution in [0.5, 0.6) is 11.5 Å². The Labute approximate surface area is 157 Å². The van der Waals surface area contributed by atoms with Crippen molar-refractivity contribution >= 4 is 29.7 Å². The summed E-state index contributed by atoms with van der Waals surface area (Å²) >= 11 is 1.37. The van der Waals surface area contributed by atoms with Gasteiger partial charge in [-0.15, -0.1) is 23.7 Å². The first-order chi connectivity index (χ1) is 11.4. The molecule has 8 heteroatoms. The highest BCUT2D eigenvalue weighted by Gasteiger charge is 2.23. The molecule has 6 nitrogen and oxygen atoms in total. The average Bonchev–Trinajstić information content (AvgIpc) is 3.22. The molecule has 0 saturated carbocycles. The number of aromatic nitrogens is 1. The van der Waals surface area contributed by atoms with E-state index in [1.165, 1.54) is 11.3 Å². The van der Waals surface area contributed by atoms with Gasteiger partial charge in [-0.2, -0.15) is 0 Å². The molecule has 0 saturated heterocycles. The summed E-state index contributed by atoms with van der Waals surface area (Å²) in [5, 5.41) is 0.781. The maximum Gasteiger partial charge on any atom is 0.265 e. The fourth-order valence-electron chi connectivity index (χ4n) is 2.50. The number of carbonyl (C=O) groups is 1. The Hall–Kier alpha value is -1.83. The first kappa shape index (κ1) is 19.5. The largest absolute Gasteiger partial charge is 0.454 e. The standard InChI is InChI=1S/C17H21N3O3S.ClH/c1-17(2,8-18)9-20(3)16(21)14-7-19-15(24-14)11-4-5-12-13(6-11)23-10-22-12;/h4-7H,8-10,18H2,1-3H3;1H. The minimum Gasteiger partial charge on any atom is -0.454 e. The lowest BCUT2D eigenvalue weighted by molar-refractivity contribution is 0.0745. The van der Waals surface area contributed by atoms with E-state index < -0.39 is 0 Å². The summed E-state index contributed by atoms with van der Waals surface area (Å²) in [6.45, 7) is 5.44. The highest BCUT2D eigenvalue weighted by molar-refractivity contribution is 7.16. The van der Waals surface area contributed by atoms with Gasteiger partial charge >= 0.3 is 0 Å². The number of thiazole rings is 1. The maximum absolute atomic E-state index is 12.6. The summed E-state index contributed by atoms with van der Waals surface area (Å²) in [4.78, 5) is 19.3. The lowest BCUT2D eigenvalue weighted by Crippen LogP contribution is -2.39. The van der Waals surface area contributed by atoms with Crippen LogP contribution in [0.2, 0.25) is 0 Å². The number of nitrogens with two attached hydrogens (primary N) is 1. The summed E-state index contributed by atoms with van der Waals surface area (Å²) in [7, 11) is 1.79. The molecule has 0 atom stereocenters. The zero-order valence-electron chi connectivity index (χ0n) is 14.4. The lowest BCUT2D eigenvalue weighted by Gasteiger charge is -2.28. The van der Waals surface area contributed by atoms with Crippen molar-refractivity contribution in [2.75, 3.05) is 26.9 Å². The quantitative estimate of drug-likeness (QED) is 0.858. The number of rotatable bonds is 5. The molecule has 1 amide bonds. The van der Waals surface area contributed by atoms with E-state index in [0.717, 1.165) is 16.3 Å². The zero-order chi connectivity index (χ0) is 17.3. The molecule has 136 valence electrons. The number of hydrogen-bond acceptors (Lipinski definition) is 6. The summed E-state index contributed by atoms with van der Waals surface area (Å²) in [5.74, 6) is 1.40. The topological polar surface area (TPSA) is 77.7 Å². The highest BCUT2D eigenvalue weighted by Crippen LogP contribution is 2.37. The molecule has 0 bridgehead atoms. The monoisotopic (exact) mass is 383 g/mol. The molecule has 2 heterocycles. The molecule has 1 aromatic carbocycles. The second-order valence-electron chi connectivity index (χ2n) is 6.63. The molecule has 2 N–H and O–H groups in total. The van der Waals surface area contributed by atoms with Crippen molar-refractivity contribution in [2.45, 2.75) is 13.8 Å².